The summed E-state index contributed by atoms with van der Waals surface area (Å²) < 4.78 is 0. The maximum absolute atomic E-state index is 14.5. The molecule has 1 amide bonds. The number of likely N-dealkylation sites (tertiary alicyclic amines) is 1. The van der Waals surface area contributed by atoms with Crippen molar-refractivity contribution in [3.8, 4) is 0 Å². The second-order valence-electron chi connectivity index (χ2n) is 13.6. The van der Waals surface area contributed by atoms with Crippen LogP contribution in [0.2, 0.25) is 0 Å². The van der Waals surface area contributed by atoms with Gasteiger partial charge in [0.05, 0.1) is 6.54 Å². The van der Waals surface area contributed by atoms with Crippen molar-refractivity contribution < 1.29 is 4.79 Å². The molecule has 192 valence electrons. The smallest absolute Gasteiger partial charge is 0.230 e. The first kappa shape index (κ1) is 25.1. The second kappa shape index (κ2) is 9.71. The molecule has 0 spiro atoms. The van der Waals surface area contributed by atoms with Crippen molar-refractivity contribution in [1.82, 2.24) is 4.90 Å². The van der Waals surface area contributed by atoms with Crippen LogP contribution in [-0.4, -0.2) is 10.8 Å². The minimum atomic E-state index is 0.161. The Morgan fingerprint density at radius 1 is 0.971 bits per heavy atom. The molecule has 0 radical (unpaired) electrons. The van der Waals surface area contributed by atoms with Gasteiger partial charge in [-0.25, -0.2) is 0 Å². The highest BCUT2D eigenvalue weighted by Crippen LogP contribution is 2.67. The summed E-state index contributed by atoms with van der Waals surface area (Å²) in [6.45, 7) is 13.1. The fourth-order valence-corrected chi connectivity index (χ4v) is 9.31. The predicted octanol–water partition coefficient (Wildman–Crippen LogP) is 8.62. The number of fused-ring (bicyclic) bond motifs is 5. The molecule has 2 nitrogen and oxygen atoms in total. The van der Waals surface area contributed by atoms with E-state index < -0.39 is 0 Å². The molecule has 3 aliphatic carbocycles. The molecule has 1 heterocycles. The largest absolute Gasteiger partial charge is 0.311 e. The number of nitrogens with zero attached hydrogens (tertiary/aromatic N) is 1. The number of amides is 1. The van der Waals surface area contributed by atoms with E-state index in [0.717, 1.165) is 30.7 Å². The van der Waals surface area contributed by atoms with Crippen LogP contribution in [0.25, 0.3) is 0 Å². The maximum Gasteiger partial charge on any atom is 0.230 e. The number of hydrogen-bond acceptors (Lipinski definition) is 1. The Labute approximate surface area is 214 Å². The van der Waals surface area contributed by atoms with E-state index in [1.54, 1.807) is 0 Å². The third-order valence-electron chi connectivity index (χ3n) is 11.1. The zero-order chi connectivity index (χ0) is 24.8. The third-order valence-corrected chi connectivity index (χ3v) is 11.1. The van der Waals surface area contributed by atoms with E-state index in [1.807, 2.05) is 0 Å². The monoisotopic (exact) mass is 475 g/mol. The fraction of sp³-hybridized carbons (Fsp3) is 0.727. The molecule has 35 heavy (non-hydrogen) atoms. The molecule has 2 heteroatoms. The molecule has 0 N–H and O–H groups in total. The lowest BCUT2D eigenvalue weighted by molar-refractivity contribution is -0.159. The van der Waals surface area contributed by atoms with E-state index in [2.05, 4.69) is 75.9 Å². The highest BCUT2D eigenvalue weighted by atomic mass is 16.2. The third kappa shape index (κ3) is 4.31. The molecule has 7 unspecified atom stereocenters. The van der Waals surface area contributed by atoms with Gasteiger partial charge >= 0.3 is 0 Å². The van der Waals surface area contributed by atoms with Crippen molar-refractivity contribution in [2.24, 2.45) is 46.3 Å². The van der Waals surface area contributed by atoms with Crippen LogP contribution in [0.1, 0.15) is 104 Å². The summed E-state index contributed by atoms with van der Waals surface area (Å²) in [6, 6.07) is 10.7. The predicted molar refractivity (Wildman–Crippen MR) is 145 cm³/mol. The first-order valence-electron chi connectivity index (χ1n) is 14.8. The van der Waals surface area contributed by atoms with Crippen LogP contribution in [0.5, 0.6) is 0 Å². The summed E-state index contributed by atoms with van der Waals surface area (Å²) in [5.41, 5.74) is 3.11. The molecule has 1 saturated heterocycles. The molecule has 0 bridgehead atoms. The van der Waals surface area contributed by atoms with Crippen LogP contribution in [0.4, 0.5) is 0 Å². The molecule has 4 aliphatic rings. The van der Waals surface area contributed by atoms with Gasteiger partial charge in [0, 0.05) is 17.0 Å². The van der Waals surface area contributed by atoms with Crippen LogP contribution in [0.15, 0.2) is 42.1 Å². The molecule has 3 fully saturated rings. The molecular formula is C33H49NO. The number of carbonyl (C=O) groups is 1. The minimum Gasteiger partial charge on any atom is -0.311 e. The Bertz CT molecular complexity index is 934. The lowest BCUT2D eigenvalue weighted by Crippen LogP contribution is -2.60. The Morgan fingerprint density at radius 3 is 2.49 bits per heavy atom. The van der Waals surface area contributed by atoms with E-state index in [1.165, 1.54) is 69.0 Å². The van der Waals surface area contributed by atoms with Gasteiger partial charge in [0.2, 0.25) is 5.91 Å². The molecule has 1 aromatic carbocycles. The molecule has 5 rings (SSSR count). The van der Waals surface area contributed by atoms with E-state index in [0.29, 0.717) is 23.2 Å². The molecule has 2 saturated carbocycles. The number of hydrogen-bond donors (Lipinski definition) is 0. The Hall–Kier alpha value is -1.57. The molecular weight excluding hydrogens is 426 g/mol. The average molecular weight is 476 g/mol. The first-order valence-corrected chi connectivity index (χ1v) is 14.8. The van der Waals surface area contributed by atoms with Gasteiger partial charge in [-0.15, -0.1) is 0 Å². The normalized spacial score (nSPS) is 37.5. The molecule has 0 aromatic heterocycles. The topological polar surface area (TPSA) is 20.3 Å². The fourth-order valence-electron chi connectivity index (χ4n) is 9.31. The van der Waals surface area contributed by atoms with E-state index >= 15 is 0 Å². The van der Waals surface area contributed by atoms with E-state index in [9.17, 15) is 4.79 Å². The summed E-state index contributed by atoms with van der Waals surface area (Å²) >= 11 is 0. The van der Waals surface area contributed by atoms with Crippen LogP contribution < -0.4 is 0 Å². The minimum absolute atomic E-state index is 0.161. The van der Waals surface area contributed by atoms with Crippen molar-refractivity contribution in [1.29, 1.82) is 0 Å². The van der Waals surface area contributed by atoms with Gasteiger partial charge in [-0.1, -0.05) is 90.3 Å². The first-order chi connectivity index (χ1) is 16.8. The summed E-state index contributed by atoms with van der Waals surface area (Å²) in [6.07, 6.45) is 15.3. The van der Waals surface area contributed by atoms with Gasteiger partial charge in [0.25, 0.3) is 0 Å². The van der Waals surface area contributed by atoms with Gasteiger partial charge in [0.1, 0.15) is 0 Å². The summed E-state index contributed by atoms with van der Waals surface area (Å²) in [7, 11) is 0. The zero-order valence-corrected chi connectivity index (χ0v) is 23.1. The Kier molecular flexibility index (Phi) is 6.96. The molecule has 7 atom stereocenters. The van der Waals surface area contributed by atoms with Gasteiger partial charge in [-0.05, 0) is 85.5 Å². The van der Waals surface area contributed by atoms with E-state index in [-0.39, 0.29) is 11.3 Å². The zero-order valence-electron chi connectivity index (χ0n) is 23.1. The molecule has 1 aliphatic heterocycles. The van der Waals surface area contributed by atoms with Crippen LogP contribution in [0.3, 0.4) is 0 Å². The number of allylic oxidation sites excluding steroid dienone is 2. The van der Waals surface area contributed by atoms with Crippen LogP contribution in [0, 0.1) is 46.3 Å². The Balaban J connectivity index is 1.43. The van der Waals surface area contributed by atoms with Crippen molar-refractivity contribution in [3.05, 3.63) is 47.7 Å². The SMILES string of the molecule is CC(C)CCCC(C)C1CCC2C3C(=O)N(Cc4ccccc4)C4=CCCCC4(C)C3CCC12C. The number of benzene rings is 1. The highest BCUT2D eigenvalue weighted by Gasteiger charge is 2.63. The number of piperidine rings is 1. The quantitative estimate of drug-likeness (QED) is 0.386. The second-order valence-corrected chi connectivity index (χ2v) is 13.6. The highest BCUT2D eigenvalue weighted by molar-refractivity contribution is 5.83. The maximum atomic E-state index is 14.5. The summed E-state index contributed by atoms with van der Waals surface area (Å²) in [5.74, 6) is 4.12. The summed E-state index contributed by atoms with van der Waals surface area (Å²) in [5, 5.41) is 0. The number of carbonyl (C=O) groups excluding carboxylic acids is 1. The van der Waals surface area contributed by atoms with Crippen LogP contribution in [-0.2, 0) is 11.3 Å². The lowest BCUT2D eigenvalue weighted by atomic mass is 9.48. The van der Waals surface area contributed by atoms with Crippen molar-refractivity contribution in [3.63, 3.8) is 0 Å². The van der Waals surface area contributed by atoms with Crippen molar-refractivity contribution >= 4 is 5.91 Å². The average Bonchev–Trinajstić information content (AvgIpc) is 3.19. The Morgan fingerprint density at radius 2 is 1.74 bits per heavy atom. The summed E-state index contributed by atoms with van der Waals surface area (Å²) in [4.78, 5) is 16.7. The van der Waals surface area contributed by atoms with E-state index in [4.69, 9.17) is 0 Å². The van der Waals surface area contributed by atoms with Gasteiger partial charge in [-0.2, -0.15) is 0 Å². The number of rotatable bonds is 7. The van der Waals surface area contributed by atoms with Gasteiger partial charge < -0.3 is 4.90 Å². The van der Waals surface area contributed by atoms with Crippen molar-refractivity contribution in [2.75, 3.05) is 0 Å². The standard InChI is InChI=1S/C33H49NO/c1-23(2)12-11-13-24(3)26-17-18-27-30-28(19-21-32(26,27)4)33(5)20-10-9-16-29(33)34(31(30)35)22-25-14-7-6-8-15-25/h6-8,14-16,23-24,26-28,30H,9-13,17-22H2,1-5H3. The molecule has 1 aromatic rings. The van der Waals surface area contributed by atoms with Crippen molar-refractivity contribution in [2.45, 2.75) is 105 Å². The van der Waals surface area contributed by atoms with Crippen LogP contribution >= 0.6 is 0 Å². The lowest BCUT2D eigenvalue weighted by Gasteiger charge is -2.60. The van der Waals surface area contributed by atoms with Gasteiger partial charge in [-0.3, -0.25) is 4.79 Å². The van der Waals surface area contributed by atoms with Gasteiger partial charge in [0.15, 0.2) is 0 Å².